The third kappa shape index (κ3) is 4.31. The van der Waals surface area contributed by atoms with E-state index in [0.29, 0.717) is 17.1 Å². The Labute approximate surface area is 100 Å². The van der Waals surface area contributed by atoms with Crippen LogP contribution in [0.3, 0.4) is 0 Å². The lowest BCUT2D eigenvalue weighted by Crippen LogP contribution is -2.15. The molecule has 0 spiro atoms. The fourth-order valence-electron chi connectivity index (χ4n) is 1.13. The second-order valence-corrected chi connectivity index (χ2v) is 4.96. The number of benzene rings is 1. The van der Waals surface area contributed by atoms with Gasteiger partial charge in [-0.25, -0.2) is 13.2 Å². The zero-order valence-electron chi connectivity index (χ0n) is 9.80. The van der Waals surface area contributed by atoms with Gasteiger partial charge in [0.2, 0.25) is 10.0 Å². The van der Waals surface area contributed by atoms with Crippen molar-refractivity contribution in [2.24, 2.45) is 5.10 Å². The zero-order valence-corrected chi connectivity index (χ0v) is 10.6. The van der Waals surface area contributed by atoms with Gasteiger partial charge in [0.15, 0.2) is 11.5 Å². The lowest BCUT2D eigenvalue weighted by Gasteiger charge is -2.07. The van der Waals surface area contributed by atoms with Crippen molar-refractivity contribution in [1.82, 2.24) is 4.83 Å². The van der Waals surface area contributed by atoms with Gasteiger partial charge >= 0.3 is 0 Å². The third-order valence-corrected chi connectivity index (χ3v) is 2.28. The maximum Gasteiger partial charge on any atom is 0.244 e. The van der Waals surface area contributed by atoms with Gasteiger partial charge in [-0.05, 0) is 23.8 Å². The fourth-order valence-corrected chi connectivity index (χ4v) is 1.37. The Morgan fingerprint density at radius 2 is 1.88 bits per heavy atom. The molecule has 0 aromatic heterocycles. The number of rotatable bonds is 5. The average Bonchev–Trinajstić information content (AvgIpc) is 2.27. The normalized spacial score (nSPS) is 11.5. The maximum absolute atomic E-state index is 10.8. The third-order valence-electron chi connectivity index (χ3n) is 1.84. The smallest absolute Gasteiger partial charge is 0.244 e. The zero-order chi connectivity index (χ0) is 12.9. The van der Waals surface area contributed by atoms with Crippen molar-refractivity contribution in [3.05, 3.63) is 23.8 Å². The molecule has 0 aliphatic rings. The van der Waals surface area contributed by atoms with Crippen LogP contribution in [0.5, 0.6) is 11.5 Å². The van der Waals surface area contributed by atoms with Crippen molar-refractivity contribution in [2.45, 2.75) is 0 Å². The number of hydrogen-bond acceptors (Lipinski definition) is 5. The van der Waals surface area contributed by atoms with E-state index in [1.165, 1.54) is 20.4 Å². The van der Waals surface area contributed by atoms with Gasteiger partial charge in [0.25, 0.3) is 0 Å². The number of methoxy groups -OCH3 is 2. The van der Waals surface area contributed by atoms with E-state index >= 15 is 0 Å². The average molecular weight is 258 g/mol. The van der Waals surface area contributed by atoms with Crippen LogP contribution in [0.15, 0.2) is 23.3 Å². The minimum atomic E-state index is -3.33. The Morgan fingerprint density at radius 1 is 1.24 bits per heavy atom. The highest BCUT2D eigenvalue weighted by molar-refractivity contribution is 7.88. The molecule has 1 aromatic rings. The van der Waals surface area contributed by atoms with Crippen molar-refractivity contribution >= 4 is 16.2 Å². The van der Waals surface area contributed by atoms with E-state index in [0.717, 1.165) is 6.26 Å². The minimum absolute atomic E-state index is 0.552. The van der Waals surface area contributed by atoms with Crippen LogP contribution >= 0.6 is 0 Å². The standard InChI is InChI=1S/C10H14N2O4S/c1-15-9-5-4-8(6-10(9)16-2)7-11-12-17(3,13)14/h4-7,12H,1-3H3/b11-7+. The first-order valence-corrected chi connectivity index (χ1v) is 6.57. The molecule has 17 heavy (non-hydrogen) atoms. The summed E-state index contributed by atoms with van der Waals surface area (Å²) in [6.07, 6.45) is 2.40. The first kappa shape index (κ1) is 13.3. The molecule has 0 saturated carbocycles. The minimum Gasteiger partial charge on any atom is -0.493 e. The highest BCUT2D eigenvalue weighted by Crippen LogP contribution is 2.26. The Balaban J connectivity index is 2.86. The van der Waals surface area contributed by atoms with E-state index in [1.54, 1.807) is 18.2 Å². The van der Waals surface area contributed by atoms with E-state index in [-0.39, 0.29) is 0 Å². The molecule has 6 nitrogen and oxygen atoms in total. The molecule has 1 aromatic carbocycles. The van der Waals surface area contributed by atoms with Gasteiger partial charge in [-0.1, -0.05) is 0 Å². The Hall–Kier alpha value is -1.76. The van der Waals surface area contributed by atoms with E-state index < -0.39 is 10.0 Å². The highest BCUT2D eigenvalue weighted by Gasteiger charge is 2.03. The summed E-state index contributed by atoms with van der Waals surface area (Å²) >= 11 is 0. The Bertz CT molecular complexity index is 511. The van der Waals surface area contributed by atoms with Crippen molar-refractivity contribution in [3.63, 3.8) is 0 Å². The largest absolute Gasteiger partial charge is 0.493 e. The van der Waals surface area contributed by atoms with E-state index in [2.05, 4.69) is 5.10 Å². The topological polar surface area (TPSA) is 77.0 Å². The summed E-state index contributed by atoms with van der Waals surface area (Å²) in [7, 11) is -0.267. The summed E-state index contributed by atoms with van der Waals surface area (Å²) in [4.78, 5) is 2.01. The number of nitrogens with zero attached hydrogens (tertiary/aromatic N) is 1. The molecule has 0 heterocycles. The van der Waals surface area contributed by atoms with Gasteiger partial charge in [0.05, 0.1) is 26.7 Å². The van der Waals surface area contributed by atoms with Crippen LogP contribution in [0.1, 0.15) is 5.56 Å². The molecular formula is C10H14N2O4S. The predicted molar refractivity (Wildman–Crippen MR) is 65.1 cm³/mol. The number of sulfonamides is 1. The van der Waals surface area contributed by atoms with Crippen LogP contribution in [0, 0.1) is 0 Å². The monoisotopic (exact) mass is 258 g/mol. The number of ether oxygens (including phenoxy) is 2. The Kier molecular flexibility index (Phi) is 4.33. The van der Waals surface area contributed by atoms with Crippen molar-refractivity contribution in [2.75, 3.05) is 20.5 Å². The van der Waals surface area contributed by atoms with E-state index in [9.17, 15) is 8.42 Å². The maximum atomic E-state index is 10.8. The molecule has 0 bridgehead atoms. The molecule has 7 heteroatoms. The second-order valence-electron chi connectivity index (χ2n) is 3.24. The summed E-state index contributed by atoms with van der Waals surface area (Å²) in [5.41, 5.74) is 0.693. The van der Waals surface area contributed by atoms with Gasteiger partial charge in [-0.2, -0.15) is 5.10 Å². The van der Waals surface area contributed by atoms with Crippen molar-refractivity contribution < 1.29 is 17.9 Å². The van der Waals surface area contributed by atoms with Crippen molar-refractivity contribution in [3.8, 4) is 11.5 Å². The van der Waals surface area contributed by atoms with Gasteiger partial charge < -0.3 is 9.47 Å². The number of nitrogens with one attached hydrogen (secondary N) is 1. The highest BCUT2D eigenvalue weighted by atomic mass is 32.2. The number of hydrogen-bond donors (Lipinski definition) is 1. The van der Waals surface area contributed by atoms with Gasteiger partial charge in [-0.3, -0.25) is 0 Å². The second kappa shape index (κ2) is 5.53. The lowest BCUT2D eigenvalue weighted by molar-refractivity contribution is 0.355. The molecule has 0 unspecified atom stereocenters. The molecule has 0 fully saturated rings. The summed E-state index contributed by atoms with van der Waals surface area (Å²) in [5, 5.41) is 3.58. The molecule has 1 N–H and O–H groups in total. The summed E-state index contributed by atoms with van der Waals surface area (Å²) < 4.78 is 31.7. The molecule has 0 atom stereocenters. The molecular weight excluding hydrogens is 244 g/mol. The van der Waals surface area contributed by atoms with Gasteiger partial charge in [-0.15, -0.1) is 0 Å². The SMILES string of the molecule is COc1ccc(/C=N/NS(C)(=O)=O)cc1OC. The molecule has 0 radical (unpaired) electrons. The van der Waals surface area contributed by atoms with Crippen LogP contribution in [-0.4, -0.2) is 35.1 Å². The van der Waals surface area contributed by atoms with E-state index in [4.69, 9.17) is 9.47 Å². The van der Waals surface area contributed by atoms with E-state index in [1.807, 2.05) is 4.83 Å². The first-order valence-electron chi connectivity index (χ1n) is 4.68. The van der Waals surface area contributed by atoms with Crippen LogP contribution in [0.2, 0.25) is 0 Å². The number of hydrazone groups is 1. The molecule has 0 amide bonds. The molecule has 1 rings (SSSR count). The van der Waals surface area contributed by atoms with Crippen LogP contribution in [-0.2, 0) is 10.0 Å². The predicted octanol–water partition coefficient (Wildman–Crippen LogP) is 0.587. The Morgan fingerprint density at radius 3 is 2.41 bits per heavy atom. The van der Waals surface area contributed by atoms with Gasteiger partial charge in [0, 0.05) is 0 Å². The summed E-state index contributed by atoms with van der Waals surface area (Å²) in [5.74, 6) is 1.15. The first-order chi connectivity index (χ1) is 7.96. The van der Waals surface area contributed by atoms with Gasteiger partial charge in [0.1, 0.15) is 0 Å². The quantitative estimate of drug-likeness (QED) is 0.619. The van der Waals surface area contributed by atoms with Crippen LogP contribution < -0.4 is 14.3 Å². The van der Waals surface area contributed by atoms with Crippen LogP contribution in [0.25, 0.3) is 0 Å². The molecule has 0 aliphatic heterocycles. The summed E-state index contributed by atoms with van der Waals surface area (Å²) in [6.45, 7) is 0. The lowest BCUT2D eigenvalue weighted by atomic mass is 10.2. The summed E-state index contributed by atoms with van der Waals surface area (Å²) in [6, 6.07) is 5.13. The molecule has 94 valence electrons. The van der Waals surface area contributed by atoms with Crippen LogP contribution in [0.4, 0.5) is 0 Å². The van der Waals surface area contributed by atoms with Crippen molar-refractivity contribution in [1.29, 1.82) is 0 Å². The molecule has 0 aliphatic carbocycles. The molecule has 0 saturated heterocycles. The fraction of sp³-hybridized carbons (Fsp3) is 0.300.